The van der Waals surface area contributed by atoms with E-state index in [2.05, 4.69) is 0 Å². The van der Waals surface area contributed by atoms with Crippen molar-refractivity contribution in [3.63, 3.8) is 0 Å². The van der Waals surface area contributed by atoms with Crippen LogP contribution in [0.4, 0.5) is 5.69 Å². The summed E-state index contributed by atoms with van der Waals surface area (Å²) in [6.45, 7) is 0.0869. The van der Waals surface area contributed by atoms with E-state index in [1.165, 1.54) is 11.2 Å². The molecular formula is C24H19N3O4. The second-order valence-electron chi connectivity index (χ2n) is 7.21. The van der Waals surface area contributed by atoms with Gasteiger partial charge in [-0.15, -0.1) is 0 Å². The van der Waals surface area contributed by atoms with Crippen molar-refractivity contribution >= 4 is 23.4 Å². The Morgan fingerprint density at radius 2 is 1.81 bits per heavy atom. The SMILES string of the molecule is N#Cc1ccc(N2C(=O)CC(N(Cc3ccco3)C(=O)Cc3ccccc3)C2=O)cc1. The van der Waals surface area contributed by atoms with Crippen LogP contribution in [0.5, 0.6) is 0 Å². The van der Waals surface area contributed by atoms with E-state index in [1.54, 1.807) is 36.4 Å². The Balaban J connectivity index is 1.61. The molecule has 1 fully saturated rings. The fourth-order valence-corrected chi connectivity index (χ4v) is 3.63. The summed E-state index contributed by atoms with van der Waals surface area (Å²) in [7, 11) is 0. The average Bonchev–Trinajstić information content (AvgIpc) is 3.40. The predicted molar refractivity (Wildman–Crippen MR) is 111 cm³/mol. The van der Waals surface area contributed by atoms with Gasteiger partial charge in [0, 0.05) is 0 Å². The normalized spacial score (nSPS) is 15.7. The lowest BCUT2D eigenvalue weighted by atomic mass is 10.1. The van der Waals surface area contributed by atoms with Crippen molar-refractivity contribution in [3.05, 3.63) is 89.9 Å². The first-order chi connectivity index (χ1) is 15.1. The molecule has 1 saturated heterocycles. The smallest absolute Gasteiger partial charge is 0.257 e. The third kappa shape index (κ3) is 4.23. The molecule has 1 aromatic heterocycles. The van der Waals surface area contributed by atoms with Crippen molar-refractivity contribution < 1.29 is 18.8 Å². The molecule has 4 rings (SSSR count). The number of hydrogen-bond acceptors (Lipinski definition) is 5. The van der Waals surface area contributed by atoms with Crippen LogP contribution in [0.2, 0.25) is 0 Å². The van der Waals surface area contributed by atoms with Gasteiger partial charge < -0.3 is 9.32 Å². The minimum atomic E-state index is -0.926. The van der Waals surface area contributed by atoms with Gasteiger partial charge in [-0.25, -0.2) is 4.90 Å². The number of hydrogen-bond donors (Lipinski definition) is 0. The minimum absolute atomic E-state index is 0.0869. The molecule has 1 unspecified atom stereocenters. The number of nitriles is 1. The van der Waals surface area contributed by atoms with Crippen LogP contribution in [0.1, 0.15) is 23.3 Å². The third-order valence-electron chi connectivity index (χ3n) is 5.18. The van der Waals surface area contributed by atoms with Gasteiger partial charge in [-0.1, -0.05) is 30.3 Å². The largest absolute Gasteiger partial charge is 0.467 e. The zero-order valence-corrected chi connectivity index (χ0v) is 16.6. The Bertz CT molecular complexity index is 1130. The summed E-state index contributed by atoms with van der Waals surface area (Å²) in [5.41, 5.74) is 1.62. The number of carbonyl (C=O) groups excluding carboxylic acids is 3. The number of carbonyl (C=O) groups is 3. The Morgan fingerprint density at radius 1 is 1.06 bits per heavy atom. The monoisotopic (exact) mass is 413 g/mol. The second kappa shape index (κ2) is 8.67. The van der Waals surface area contributed by atoms with E-state index in [4.69, 9.17) is 9.68 Å². The lowest BCUT2D eigenvalue weighted by Gasteiger charge is -2.27. The maximum atomic E-state index is 13.2. The minimum Gasteiger partial charge on any atom is -0.467 e. The van der Waals surface area contributed by atoms with Gasteiger partial charge in [0.05, 0.1) is 43.0 Å². The summed E-state index contributed by atoms with van der Waals surface area (Å²) >= 11 is 0. The van der Waals surface area contributed by atoms with Crippen LogP contribution in [0.15, 0.2) is 77.4 Å². The molecule has 0 N–H and O–H groups in total. The number of furan rings is 1. The molecular weight excluding hydrogens is 394 g/mol. The summed E-state index contributed by atoms with van der Waals surface area (Å²) in [6, 6.07) is 19.9. The lowest BCUT2D eigenvalue weighted by Crippen LogP contribution is -2.45. The molecule has 31 heavy (non-hydrogen) atoms. The first kappa shape index (κ1) is 20.1. The zero-order chi connectivity index (χ0) is 21.8. The summed E-state index contributed by atoms with van der Waals surface area (Å²) in [6.07, 6.45) is 1.50. The zero-order valence-electron chi connectivity index (χ0n) is 16.6. The summed E-state index contributed by atoms with van der Waals surface area (Å²) in [5.74, 6) is -0.603. The maximum Gasteiger partial charge on any atom is 0.257 e. The second-order valence-corrected chi connectivity index (χ2v) is 7.21. The van der Waals surface area contributed by atoms with E-state index < -0.39 is 17.9 Å². The molecule has 7 heteroatoms. The van der Waals surface area contributed by atoms with E-state index in [0.717, 1.165) is 10.5 Å². The predicted octanol–water partition coefficient (Wildman–Crippen LogP) is 3.05. The number of anilines is 1. The highest BCUT2D eigenvalue weighted by atomic mass is 16.3. The first-order valence-electron chi connectivity index (χ1n) is 9.79. The van der Waals surface area contributed by atoms with Gasteiger partial charge in [0.15, 0.2) is 0 Å². The number of benzene rings is 2. The molecule has 0 aliphatic carbocycles. The Morgan fingerprint density at radius 3 is 2.45 bits per heavy atom. The summed E-state index contributed by atoms with van der Waals surface area (Å²) < 4.78 is 5.39. The molecule has 1 aliphatic rings. The Hall–Kier alpha value is -4.18. The van der Waals surface area contributed by atoms with E-state index in [-0.39, 0.29) is 25.3 Å². The van der Waals surface area contributed by atoms with Crippen LogP contribution in [-0.2, 0) is 27.3 Å². The molecule has 3 aromatic rings. The molecule has 0 saturated carbocycles. The highest BCUT2D eigenvalue weighted by Crippen LogP contribution is 2.27. The van der Waals surface area contributed by atoms with E-state index in [9.17, 15) is 14.4 Å². The highest BCUT2D eigenvalue weighted by molar-refractivity contribution is 6.23. The van der Waals surface area contributed by atoms with Crippen molar-refractivity contribution in [3.8, 4) is 6.07 Å². The van der Waals surface area contributed by atoms with Crippen molar-refractivity contribution in [2.45, 2.75) is 25.4 Å². The van der Waals surface area contributed by atoms with Gasteiger partial charge in [-0.3, -0.25) is 14.4 Å². The van der Waals surface area contributed by atoms with Crippen molar-refractivity contribution in [2.75, 3.05) is 4.90 Å². The molecule has 2 aromatic carbocycles. The van der Waals surface area contributed by atoms with Crippen LogP contribution in [-0.4, -0.2) is 28.7 Å². The lowest BCUT2D eigenvalue weighted by molar-refractivity contribution is -0.138. The fraction of sp³-hybridized carbons (Fsp3) is 0.167. The van der Waals surface area contributed by atoms with Crippen LogP contribution < -0.4 is 4.90 Å². The number of imide groups is 1. The van der Waals surface area contributed by atoms with Gasteiger partial charge in [-0.05, 0) is 42.0 Å². The van der Waals surface area contributed by atoms with Crippen LogP contribution in [0, 0.1) is 11.3 Å². The topological polar surface area (TPSA) is 94.6 Å². The quantitative estimate of drug-likeness (QED) is 0.579. The van der Waals surface area contributed by atoms with Gasteiger partial charge in [-0.2, -0.15) is 5.26 Å². The number of rotatable bonds is 6. The molecule has 0 spiro atoms. The van der Waals surface area contributed by atoms with E-state index >= 15 is 0 Å². The van der Waals surface area contributed by atoms with Crippen LogP contribution in [0.25, 0.3) is 0 Å². The van der Waals surface area contributed by atoms with Crippen molar-refractivity contribution in [1.29, 1.82) is 5.26 Å². The van der Waals surface area contributed by atoms with Crippen LogP contribution >= 0.6 is 0 Å². The summed E-state index contributed by atoms with van der Waals surface area (Å²) in [5, 5.41) is 8.97. The summed E-state index contributed by atoms with van der Waals surface area (Å²) in [4.78, 5) is 41.6. The maximum absolute atomic E-state index is 13.2. The molecule has 1 aliphatic heterocycles. The molecule has 2 heterocycles. The molecule has 0 radical (unpaired) electrons. The van der Waals surface area contributed by atoms with E-state index in [0.29, 0.717) is 17.0 Å². The third-order valence-corrected chi connectivity index (χ3v) is 5.18. The number of nitrogens with zero attached hydrogens (tertiary/aromatic N) is 3. The van der Waals surface area contributed by atoms with Gasteiger partial charge in [0.2, 0.25) is 11.8 Å². The molecule has 154 valence electrons. The molecule has 0 bridgehead atoms. The molecule has 3 amide bonds. The van der Waals surface area contributed by atoms with E-state index in [1.807, 2.05) is 36.4 Å². The Labute approximate surface area is 179 Å². The van der Waals surface area contributed by atoms with Crippen molar-refractivity contribution in [1.82, 2.24) is 4.90 Å². The van der Waals surface area contributed by atoms with Gasteiger partial charge >= 0.3 is 0 Å². The van der Waals surface area contributed by atoms with Crippen molar-refractivity contribution in [2.24, 2.45) is 0 Å². The van der Waals surface area contributed by atoms with Gasteiger partial charge in [0.1, 0.15) is 11.8 Å². The molecule has 1 atom stereocenters. The van der Waals surface area contributed by atoms with Gasteiger partial charge in [0.25, 0.3) is 5.91 Å². The highest BCUT2D eigenvalue weighted by Gasteiger charge is 2.44. The Kier molecular flexibility index (Phi) is 5.63. The number of amides is 3. The average molecular weight is 413 g/mol. The fourth-order valence-electron chi connectivity index (χ4n) is 3.63. The molecule has 7 nitrogen and oxygen atoms in total. The van der Waals surface area contributed by atoms with Crippen LogP contribution in [0.3, 0.4) is 0 Å². The standard InChI is InChI=1S/C24H19N3O4/c25-15-18-8-10-19(11-9-18)27-23(29)14-21(24(27)30)26(16-20-7-4-12-31-20)22(28)13-17-5-2-1-3-6-17/h1-12,21H,13-14,16H2. The first-order valence-corrected chi connectivity index (χ1v) is 9.79.